The van der Waals surface area contributed by atoms with Gasteiger partial charge in [-0.05, 0) is 34.7 Å². The van der Waals surface area contributed by atoms with Crippen LogP contribution in [0.25, 0.3) is 0 Å². The molecule has 5 nitrogen and oxygen atoms in total. The monoisotopic (exact) mass is 347 g/mol. The first kappa shape index (κ1) is 16.5. The van der Waals surface area contributed by atoms with Gasteiger partial charge in [0.05, 0.1) is 6.54 Å². The number of aromatic nitrogens is 2. The van der Waals surface area contributed by atoms with Gasteiger partial charge in [-0.15, -0.1) is 0 Å². The zero-order chi connectivity index (χ0) is 17.9. The van der Waals surface area contributed by atoms with E-state index in [2.05, 4.69) is 34.3 Å². The second-order valence-corrected chi connectivity index (χ2v) is 6.76. The fraction of sp³-hybridized carbons (Fsp3) is 0.238. The number of benzene rings is 2. The molecule has 0 saturated heterocycles. The molecule has 1 N–H and O–H groups in total. The molecule has 1 aliphatic heterocycles. The number of carboxylic acids is 1. The molecule has 0 radical (unpaired) electrons. The van der Waals surface area contributed by atoms with Crippen molar-refractivity contribution in [2.45, 2.75) is 32.1 Å². The molecule has 1 aromatic heterocycles. The van der Waals surface area contributed by atoms with Crippen LogP contribution in [-0.4, -0.2) is 31.8 Å². The third-order valence-electron chi connectivity index (χ3n) is 4.91. The maximum absolute atomic E-state index is 11.8. The van der Waals surface area contributed by atoms with Crippen LogP contribution in [0, 0.1) is 0 Å². The maximum atomic E-state index is 11.8. The van der Waals surface area contributed by atoms with Gasteiger partial charge in [0.1, 0.15) is 6.04 Å². The molecule has 132 valence electrons. The zero-order valence-corrected chi connectivity index (χ0v) is 14.5. The fourth-order valence-electron chi connectivity index (χ4n) is 3.63. The number of carbonyl (C=O) groups is 1. The van der Waals surface area contributed by atoms with Gasteiger partial charge < -0.3 is 5.11 Å². The van der Waals surface area contributed by atoms with E-state index in [1.807, 2.05) is 41.2 Å². The highest BCUT2D eigenvalue weighted by molar-refractivity contribution is 5.74. The van der Waals surface area contributed by atoms with Crippen molar-refractivity contribution in [3.05, 3.63) is 89.2 Å². The lowest BCUT2D eigenvalue weighted by Crippen LogP contribution is -2.45. The van der Waals surface area contributed by atoms with E-state index in [4.69, 9.17) is 0 Å². The van der Waals surface area contributed by atoms with Gasteiger partial charge in [0.2, 0.25) is 0 Å². The van der Waals surface area contributed by atoms with E-state index >= 15 is 0 Å². The predicted molar refractivity (Wildman–Crippen MR) is 98.6 cm³/mol. The van der Waals surface area contributed by atoms with Crippen molar-refractivity contribution in [3.8, 4) is 0 Å². The van der Waals surface area contributed by atoms with Crippen LogP contribution in [-0.2, 0) is 30.8 Å². The van der Waals surface area contributed by atoms with Crippen LogP contribution in [0.4, 0.5) is 0 Å². The van der Waals surface area contributed by atoms with E-state index in [0.29, 0.717) is 26.1 Å². The fourth-order valence-corrected chi connectivity index (χ4v) is 3.63. The molecule has 1 aliphatic rings. The van der Waals surface area contributed by atoms with Gasteiger partial charge in [-0.2, -0.15) is 5.10 Å². The number of hydrogen-bond donors (Lipinski definition) is 1. The minimum absolute atomic E-state index is 0.486. The van der Waals surface area contributed by atoms with Crippen LogP contribution in [0.1, 0.15) is 22.3 Å². The van der Waals surface area contributed by atoms with Crippen molar-refractivity contribution < 1.29 is 9.90 Å². The predicted octanol–water partition coefficient (Wildman–Crippen LogP) is 2.94. The zero-order valence-electron chi connectivity index (χ0n) is 14.5. The summed E-state index contributed by atoms with van der Waals surface area (Å²) in [6, 6.07) is 17.9. The third kappa shape index (κ3) is 3.53. The molecular weight excluding hydrogens is 326 g/mol. The molecule has 2 aromatic carbocycles. The first-order chi connectivity index (χ1) is 12.7. The molecule has 0 unspecified atom stereocenters. The number of carboxylic acid groups (broad SMARTS) is 1. The third-order valence-corrected chi connectivity index (χ3v) is 4.91. The molecule has 0 aliphatic carbocycles. The number of fused-ring (bicyclic) bond motifs is 1. The quantitative estimate of drug-likeness (QED) is 0.771. The summed E-state index contributed by atoms with van der Waals surface area (Å²) >= 11 is 0. The Morgan fingerprint density at radius 1 is 1.04 bits per heavy atom. The van der Waals surface area contributed by atoms with E-state index in [-0.39, 0.29) is 0 Å². The summed E-state index contributed by atoms with van der Waals surface area (Å²) in [6.07, 6.45) is 4.26. The molecule has 4 rings (SSSR count). The van der Waals surface area contributed by atoms with Crippen LogP contribution >= 0.6 is 0 Å². The number of hydrogen-bond acceptors (Lipinski definition) is 3. The summed E-state index contributed by atoms with van der Waals surface area (Å²) in [6.45, 7) is 2.00. The minimum atomic E-state index is -0.757. The largest absolute Gasteiger partial charge is 0.480 e. The molecule has 5 heteroatoms. The van der Waals surface area contributed by atoms with Gasteiger partial charge in [0.15, 0.2) is 0 Å². The number of aliphatic carboxylic acids is 1. The summed E-state index contributed by atoms with van der Waals surface area (Å²) in [4.78, 5) is 13.8. The van der Waals surface area contributed by atoms with Crippen LogP contribution in [0.5, 0.6) is 0 Å². The van der Waals surface area contributed by atoms with Crippen molar-refractivity contribution in [2.24, 2.45) is 0 Å². The van der Waals surface area contributed by atoms with E-state index in [0.717, 1.165) is 16.7 Å². The average Bonchev–Trinajstić information content (AvgIpc) is 3.14. The first-order valence-corrected chi connectivity index (χ1v) is 8.78. The van der Waals surface area contributed by atoms with Crippen LogP contribution in [0.15, 0.2) is 67.0 Å². The highest BCUT2D eigenvalue weighted by Gasteiger charge is 2.31. The average molecular weight is 347 g/mol. The Bertz CT molecular complexity index is 905. The lowest BCUT2D eigenvalue weighted by molar-refractivity contribution is -0.144. The first-order valence-electron chi connectivity index (χ1n) is 8.78. The Morgan fingerprint density at radius 2 is 1.81 bits per heavy atom. The van der Waals surface area contributed by atoms with Crippen LogP contribution < -0.4 is 0 Å². The van der Waals surface area contributed by atoms with E-state index < -0.39 is 12.0 Å². The lowest BCUT2D eigenvalue weighted by atomic mass is 9.93. The van der Waals surface area contributed by atoms with Gasteiger partial charge in [-0.1, -0.05) is 48.5 Å². The van der Waals surface area contributed by atoms with E-state index in [9.17, 15) is 9.90 Å². The SMILES string of the molecule is O=C(O)[C@@H]1Cc2ccccc2CN1Cc1cccc(Cn2cccn2)c1. The van der Waals surface area contributed by atoms with Gasteiger partial charge in [-0.25, -0.2) is 0 Å². The van der Waals surface area contributed by atoms with Crippen LogP contribution in [0.3, 0.4) is 0 Å². The van der Waals surface area contributed by atoms with Crippen molar-refractivity contribution in [2.75, 3.05) is 0 Å². The second kappa shape index (κ2) is 7.14. The highest BCUT2D eigenvalue weighted by Crippen LogP contribution is 2.25. The Balaban J connectivity index is 1.54. The summed E-state index contributed by atoms with van der Waals surface area (Å²) in [5.41, 5.74) is 4.65. The van der Waals surface area contributed by atoms with Crippen molar-refractivity contribution in [3.63, 3.8) is 0 Å². The molecule has 26 heavy (non-hydrogen) atoms. The number of rotatable bonds is 5. The lowest BCUT2D eigenvalue weighted by Gasteiger charge is -2.34. The smallest absolute Gasteiger partial charge is 0.321 e. The minimum Gasteiger partial charge on any atom is -0.480 e. The van der Waals surface area contributed by atoms with E-state index in [1.54, 1.807) is 6.20 Å². The van der Waals surface area contributed by atoms with Crippen molar-refractivity contribution >= 4 is 5.97 Å². The molecule has 3 aromatic rings. The standard InChI is InChI=1S/C21H21N3O2/c25-21(26)20-12-18-7-1-2-8-19(18)15-23(20)13-16-5-3-6-17(11-16)14-24-10-4-9-22-24/h1-11,20H,12-15H2,(H,25,26)/t20-/m0/s1. The molecule has 2 heterocycles. The van der Waals surface area contributed by atoms with Gasteiger partial charge >= 0.3 is 5.97 Å². The van der Waals surface area contributed by atoms with E-state index in [1.165, 1.54) is 5.56 Å². The Hall–Kier alpha value is -2.92. The second-order valence-electron chi connectivity index (χ2n) is 6.76. The van der Waals surface area contributed by atoms with Gasteiger partial charge in [0.25, 0.3) is 0 Å². The summed E-state index contributed by atoms with van der Waals surface area (Å²) in [5.74, 6) is -0.757. The Morgan fingerprint density at radius 3 is 2.54 bits per heavy atom. The topological polar surface area (TPSA) is 58.4 Å². The van der Waals surface area contributed by atoms with Gasteiger partial charge in [0, 0.05) is 25.5 Å². The maximum Gasteiger partial charge on any atom is 0.321 e. The Labute approximate surface area is 152 Å². The van der Waals surface area contributed by atoms with Gasteiger partial charge in [-0.3, -0.25) is 14.4 Å². The molecule has 0 amide bonds. The van der Waals surface area contributed by atoms with Crippen molar-refractivity contribution in [1.82, 2.24) is 14.7 Å². The highest BCUT2D eigenvalue weighted by atomic mass is 16.4. The summed E-state index contributed by atoms with van der Waals surface area (Å²) < 4.78 is 1.89. The van der Waals surface area contributed by atoms with Crippen molar-refractivity contribution in [1.29, 1.82) is 0 Å². The molecule has 0 fully saturated rings. The summed E-state index contributed by atoms with van der Waals surface area (Å²) in [7, 11) is 0. The Kier molecular flexibility index (Phi) is 4.54. The molecule has 0 spiro atoms. The number of nitrogens with zero attached hydrogens (tertiary/aromatic N) is 3. The molecule has 1 atom stereocenters. The molecular formula is C21H21N3O2. The summed E-state index contributed by atoms with van der Waals surface area (Å²) in [5, 5.41) is 13.9. The normalized spacial score (nSPS) is 17.0. The van der Waals surface area contributed by atoms with Crippen LogP contribution in [0.2, 0.25) is 0 Å². The molecule has 0 saturated carbocycles. The molecule has 0 bridgehead atoms.